The van der Waals surface area contributed by atoms with Crippen molar-refractivity contribution in [2.24, 2.45) is 0 Å². The Balaban J connectivity index is 1.75. The van der Waals surface area contributed by atoms with Gasteiger partial charge in [-0.1, -0.05) is 12.8 Å². The molecule has 0 aromatic heterocycles. The summed E-state index contributed by atoms with van der Waals surface area (Å²) in [4.78, 5) is 14.3. The highest BCUT2D eigenvalue weighted by molar-refractivity contribution is 7.92. The Morgan fingerprint density at radius 3 is 2.11 bits per heavy atom. The molecular formula is C19H20F2N2O3S. The van der Waals surface area contributed by atoms with E-state index in [0.29, 0.717) is 18.7 Å². The van der Waals surface area contributed by atoms with Gasteiger partial charge >= 0.3 is 0 Å². The SMILES string of the molecule is O=C(c1ccc(S(=O)(=O)Nc2ccc(F)c(F)c2)cc1)N1CCCCCC1. The van der Waals surface area contributed by atoms with Crippen molar-refractivity contribution in [1.29, 1.82) is 0 Å². The third-order valence-electron chi connectivity index (χ3n) is 4.48. The maximum absolute atomic E-state index is 13.3. The normalized spacial score (nSPS) is 15.3. The Morgan fingerprint density at radius 2 is 1.52 bits per heavy atom. The molecule has 27 heavy (non-hydrogen) atoms. The summed E-state index contributed by atoms with van der Waals surface area (Å²) in [6.45, 7) is 1.41. The molecule has 1 aliphatic rings. The van der Waals surface area contributed by atoms with E-state index in [1.54, 1.807) is 4.90 Å². The first-order valence-electron chi connectivity index (χ1n) is 8.74. The number of benzene rings is 2. The second kappa shape index (κ2) is 8.04. The third kappa shape index (κ3) is 4.63. The molecule has 0 spiro atoms. The summed E-state index contributed by atoms with van der Waals surface area (Å²) in [6.07, 6.45) is 4.15. The average molecular weight is 394 g/mol. The first-order chi connectivity index (χ1) is 12.9. The van der Waals surface area contributed by atoms with Crippen molar-refractivity contribution in [3.63, 3.8) is 0 Å². The van der Waals surface area contributed by atoms with E-state index in [9.17, 15) is 22.0 Å². The first-order valence-corrected chi connectivity index (χ1v) is 10.2. The largest absolute Gasteiger partial charge is 0.339 e. The van der Waals surface area contributed by atoms with Gasteiger partial charge in [0.05, 0.1) is 10.6 Å². The van der Waals surface area contributed by atoms with Gasteiger partial charge in [0.15, 0.2) is 11.6 Å². The standard InChI is InChI=1S/C19H20F2N2O3S/c20-17-10-7-15(13-18(17)21)22-27(25,26)16-8-5-14(6-9-16)19(24)23-11-3-1-2-4-12-23/h5-10,13,22H,1-4,11-12H2. The van der Waals surface area contributed by atoms with E-state index in [1.807, 2.05) is 0 Å². The van der Waals surface area contributed by atoms with Gasteiger partial charge in [-0.15, -0.1) is 0 Å². The van der Waals surface area contributed by atoms with Gasteiger partial charge in [0.2, 0.25) is 0 Å². The van der Waals surface area contributed by atoms with Crippen LogP contribution in [0, 0.1) is 11.6 Å². The number of carbonyl (C=O) groups excluding carboxylic acids is 1. The maximum Gasteiger partial charge on any atom is 0.261 e. The number of rotatable bonds is 4. The number of halogens is 2. The summed E-state index contributed by atoms with van der Waals surface area (Å²) in [6, 6.07) is 8.33. The molecule has 0 atom stereocenters. The van der Waals surface area contributed by atoms with Gasteiger partial charge in [0, 0.05) is 24.7 Å². The van der Waals surface area contributed by atoms with Crippen LogP contribution in [-0.4, -0.2) is 32.3 Å². The second-order valence-corrected chi connectivity index (χ2v) is 8.15. The molecule has 3 rings (SSSR count). The average Bonchev–Trinajstić information content (AvgIpc) is 2.93. The van der Waals surface area contributed by atoms with E-state index >= 15 is 0 Å². The number of sulfonamides is 1. The molecule has 2 aromatic carbocycles. The molecular weight excluding hydrogens is 374 g/mol. The molecule has 5 nitrogen and oxygen atoms in total. The van der Waals surface area contributed by atoms with Crippen LogP contribution in [0.15, 0.2) is 47.4 Å². The molecule has 0 radical (unpaired) electrons. The lowest BCUT2D eigenvalue weighted by molar-refractivity contribution is 0.0761. The predicted molar refractivity (Wildman–Crippen MR) is 98.0 cm³/mol. The van der Waals surface area contributed by atoms with Crippen LogP contribution in [0.1, 0.15) is 36.0 Å². The molecule has 144 valence electrons. The van der Waals surface area contributed by atoms with Crippen molar-refractivity contribution in [3.05, 3.63) is 59.7 Å². The van der Waals surface area contributed by atoms with Crippen molar-refractivity contribution < 1.29 is 22.0 Å². The molecule has 1 N–H and O–H groups in total. The van der Waals surface area contributed by atoms with E-state index in [2.05, 4.69) is 4.72 Å². The van der Waals surface area contributed by atoms with Crippen LogP contribution in [0.5, 0.6) is 0 Å². The molecule has 0 saturated carbocycles. The Labute approximate surface area is 157 Å². The van der Waals surface area contributed by atoms with E-state index in [1.165, 1.54) is 24.3 Å². The second-order valence-electron chi connectivity index (χ2n) is 6.47. The van der Waals surface area contributed by atoms with Crippen LogP contribution < -0.4 is 4.72 Å². The minimum atomic E-state index is -3.98. The van der Waals surface area contributed by atoms with Gasteiger partial charge in [0.25, 0.3) is 15.9 Å². The van der Waals surface area contributed by atoms with Crippen LogP contribution in [0.2, 0.25) is 0 Å². The van der Waals surface area contributed by atoms with Gasteiger partial charge in [-0.05, 0) is 49.2 Å². The zero-order valence-corrected chi connectivity index (χ0v) is 15.4. The Kier molecular flexibility index (Phi) is 5.74. The summed E-state index contributed by atoms with van der Waals surface area (Å²) in [5.74, 6) is -2.32. The Morgan fingerprint density at radius 1 is 0.889 bits per heavy atom. The fraction of sp³-hybridized carbons (Fsp3) is 0.316. The van der Waals surface area contributed by atoms with Crippen molar-refractivity contribution in [3.8, 4) is 0 Å². The number of hydrogen-bond donors (Lipinski definition) is 1. The van der Waals surface area contributed by atoms with Crippen LogP contribution in [0.4, 0.5) is 14.5 Å². The number of nitrogens with one attached hydrogen (secondary N) is 1. The molecule has 8 heteroatoms. The molecule has 0 aliphatic carbocycles. The lowest BCUT2D eigenvalue weighted by atomic mass is 10.2. The van der Waals surface area contributed by atoms with Gasteiger partial charge in [-0.3, -0.25) is 9.52 Å². The summed E-state index contributed by atoms with van der Waals surface area (Å²) in [5.41, 5.74) is 0.335. The van der Waals surface area contributed by atoms with Crippen LogP contribution >= 0.6 is 0 Å². The number of nitrogens with zero attached hydrogens (tertiary/aromatic N) is 1. The minimum absolute atomic E-state index is 0.0698. The lowest BCUT2D eigenvalue weighted by Crippen LogP contribution is -2.31. The number of carbonyl (C=O) groups is 1. The topological polar surface area (TPSA) is 66.5 Å². The summed E-state index contributed by atoms with van der Waals surface area (Å²) < 4.78 is 53.2. The van der Waals surface area contributed by atoms with Gasteiger partial charge < -0.3 is 4.90 Å². The Bertz CT molecular complexity index is 922. The summed E-state index contributed by atoms with van der Waals surface area (Å²) in [7, 11) is -3.98. The lowest BCUT2D eigenvalue weighted by Gasteiger charge is -2.20. The van der Waals surface area contributed by atoms with E-state index < -0.39 is 21.7 Å². The highest BCUT2D eigenvalue weighted by atomic mass is 32.2. The first kappa shape index (κ1) is 19.3. The maximum atomic E-state index is 13.3. The fourth-order valence-corrected chi connectivity index (χ4v) is 4.06. The Hall–Kier alpha value is -2.48. The van der Waals surface area contributed by atoms with Crippen LogP contribution in [-0.2, 0) is 10.0 Å². The molecule has 0 unspecified atom stereocenters. The van der Waals surface area contributed by atoms with Crippen LogP contribution in [0.25, 0.3) is 0 Å². The van der Waals surface area contributed by atoms with E-state index in [4.69, 9.17) is 0 Å². The fourth-order valence-electron chi connectivity index (χ4n) is 3.01. The molecule has 1 saturated heterocycles. The number of amides is 1. The van der Waals surface area contributed by atoms with Crippen molar-refractivity contribution >= 4 is 21.6 Å². The summed E-state index contributed by atoms with van der Waals surface area (Å²) >= 11 is 0. The molecule has 1 heterocycles. The smallest absolute Gasteiger partial charge is 0.261 e. The zero-order chi connectivity index (χ0) is 19.4. The molecule has 2 aromatic rings. The van der Waals surface area contributed by atoms with E-state index in [0.717, 1.165) is 43.9 Å². The molecule has 1 amide bonds. The number of anilines is 1. The number of hydrogen-bond acceptors (Lipinski definition) is 3. The monoisotopic (exact) mass is 394 g/mol. The molecule has 0 bridgehead atoms. The van der Waals surface area contributed by atoms with Crippen molar-refractivity contribution in [1.82, 2.24) is 4.90 Å². The van der Waals surface area contributed by atoms with Gasteiger partial charge in [-0.25, -0.2) is 17.2 Å². The van der Waals surface area contributed by atoms with Gasteiger partial charge in [-0.2, -0.15) is 0 Å². The highest BCUT2D eigenvalue weighted by Gasteiger charge is 2.19. The van der Waals surface area contributed by atoms with E-state index in [-0.39, 0.29) is 16.5 Å². The molecule has 1 fully saturated rings. The quantitative estimate of drug-likeness (QED) is 0.858. The summed E-state index contributed by atoms with van der Waals surface area (Å²) in [5, 5.41) is 0. The molecule has 1 aliphatic heterocycles. The van der Waals surface area contributed by atoms with Gasteiger partial charge in [0.1, 0.15) is 0 Å². The van der Waals surface area contributed by atoms with Crippen molar-refractivity contribution in [2.75, 3.05) is 17.8 Å². The van der Waals surface area contributed by atoms with Crippen molar-refractivity contribution in [2.45, 2.75) is 30.6 Å². The van der Waals surface area contributed by atoms with Crippen LogP contribution in [0.3, 0.4) is 0 Å². The highest BCUT2D eigenvalue weighted by Crippen LogP contribution is 2.20. The minimum Gasteiger partial charge on any atom is -0.339 e. The third-order valence-corrected chi connectivity index (χ3v) is 5.87. The predicted octanol–water partition coefficient (Wildman–Crippen LogP) is 3.78. The zero-order valence-electron chi connectivity index (χ0n) is 14.6. The number of likely N-dealkylation sites (tertiary alicyclic amines) is 1.